The molecular formula is C9H7NO. The first-order chi connectivity index (χ1) is 5.27. The van der Waals surface area contributed by atoms with E-state index >= 15 is 0 Å². The second-order valence-corrected chi connectivity index (χ2v) is 2.06. The van der Waals surface area contributed by atoms with Crippen molar-refractivity contribution < 1.29 is 5.11 Å². The zero-order valence-electron chi connectivity index (χ0n) is 5.83. The second-order valence-electron chi connectivity index (χ2n) is 2.06. The van der Waals surface area contributed by atoms with E-state index in [-0.39, 0.29) is 5.75 Å². The first kappa shape index (κ1) is 7.36. The minimum absolute atomic E-state index is 0.0824. The highest BCUT2D eigenvalue weighted by Crippen LogP contribution is 2.15. The zero-order valence-corrected chi connectivity index (χ0v) is 5.83. The molecule has 54 valence electrons. The maximum absolute atomic E-state index is 9.11. The number of hydrogen-bond acceptors (Lipinski definition) is 2. The van der Waals surface area contributed by atoms with Gasteiger partial charge >= 0.3 is 0 Å². The Morgan fingerprint density at radius 3 is 2.82 bits per heavy atom. The van der Waals surface area contributed by atoms with Gasteiger partial charge in [-0.3, -0.25) is 0 Å². The molecule has 0 atom stereocenters. The van der Waals surface area contributed by atoms with Gasteiger partial charge in [0.25, 0.3) is 0 Å². The molecule has 0 spiro atoms. The van der Waals surface area contributed by atoms with Crippen LogP contribution in [0.3, 0.4) is 0 Å². The molecule has 0 aromatic heterocycles. The summed E-state index contributed by atoms with van der Waals surface area (Å²) >= 11 is 0. The summed E-state index contributed by atoms with van der Waals surface area (Å²) in [5.74, 6) is 2.50. The van der Waals surface area contributed by atoms with Crippen molar-refractivity contribution in [2.75, 3.05) is 0 Å². The van der Waals surface area contributed by atoms with Gasteiger partial charge in [-0.1, -0.05) is 5.92 Å². The van der Waals surface area contributed by atoms with Gasteiger partial charge in [0.15, 0.2) is 0 Å². The van der Waals surface area contributed by atoms with Gasteiger partial charge < -0.3 is 10.5 Å². The molecule has 0 unspecified atom stereocenters. The molecule has 0 saturated heterocycles. The third-order valence-corrected chi connectivity index (χ3v) is 1.35. The Kier molecular flexibility index (Phi) is 1.93. The van der Waals surface area contributed by atoms with Crippen molar-refractivity contribution in [2.24, 2.45) is 0 Å². The number of aromatic hydroxyl groups is 1. The van der Waals surface area contributed by atoms with E-state index in [0.29, 0.717) is 11.1 Å². The topological polar surface area (TPSA) is 44.1 Å². The minimum Gasteiger partial charge on any atom is -0.507 e. The molecule has 2 N–H and O–H groups in total. The van der Waals surface area contributed by atoms with Crippen LogP contribution in [-0.4, -0.2) is 11.3 Å². The van der Waals surface area contributed by atoms with E-state index < -0.39 is 0 Å². The quantitative estimate of drug-likeness (QED) is 0.455. The Bertz CT molecular complexity index is 323. The summed E-state index contributed by atoms with van der Waals surface area (Å²) in [6.07, 6.45) is 6.18. The minimum atomic E-state index is 0.0824. The SMILES string of the molecule is C#Cc1ccc(O)c(C=N)c1. The van der Waals surface area contributed by atoms with E-state index in [4.69, 9.17) is 16.9 Å². The standard InChI is InChI=1S/C9H7NO/c1-2-7-3-4-9(11)8(5-7)6-10/h1,3-6,10-11H. The van der Waals surface area contributed by atoms with E-state index in [1.165, 1.54) is 6.07 Å². The predicted octanol–water partition coefficient (Wildman–Crippen LogP) is 1.37. The van der Waals surface area contributed by atoms with Crippen molar-refractivity contribution in [3.05, 3.63) is 29.3 Å². The highest BCUT2D eigenvalue weighted by atomic mass is 16.3. The lowest BCUT2D eigenvalue weighted by Crippen LogP contribution is -1.82. The van der Waals surface area contributed by atoms with Gasteiger partial charge in [0.1, 0.15) is 5.75 Å². The Morgan fingerprint density at radius 2 is 2.27 bits per heavy atom. The van der Waals surface area contributed by atoms with Crippen molar-refractivity contribution in [2.45, 2.75) is 0 Å². The van der Waals surface area contributed by atoms with Crippen LogP contribution >= 0.6 is 0 Å². The summed E-state index contributed by atoms with van der Waals surface area (Å²) in [5, 5.41) is 16.0. The van der Waals surface area contributed by atoms with Gasteiger partial charge in [0.05, 0.1) is 0 Å². The van der Waals surface area contributed by atoms with Crippen LogP contribution in [0, 0.1) is 17.8 Å². The molecule has 0 amide bonds. The lowest BCUT2D eigenvalue weighted by Gasteiger charge is -1.97. The molecule has 1 rings (SSSR count). The largest absolute Gasteiger partial charge is 0.507 e. The van der Waals surface area contributed by atoms with E-state index in [1.807, 2.05) is 0 Å². The third kappa shape index (κ3) is 1.39. The average Bonchev–Trinajstić information content (AvgIpc) is 2.05. The van der Waals surface area contributed by atoms with Crippen LogP contribution in [-0.2, 0) is 0 Å². The van der Waals surface area contributed by atoms with E-state index in [2.05, 4.69) is 5.92 Å². The van der Waals surface area contributed by atoms with Gasteiger partial charge in [0, 0.05) is 17.3 Å². The zero-order chi connectivity index (χ0) is 8.27. The first-order valence-electron chi connectivity index (χ1n) is 3.08. The molecule has 0 radical (unpaired) electrons. The summed E-state index contributed by atoms with van der Waals surface area (Å²) in [6, 6.07) is 4.69. The van der Waals surface area contributed by atoms with E-state index in [1.54, 1.807) is 12.1 Å². The van der Waals surface area contributed by atoms with Gasteiger partial charge in [-0.15, -0.1) is 6.42 Å². The van der Waals surface area contributed by atoms with Gasteiger partial charge in [-0.05, 0) is 18.2 Å². The maximum Gasteiger partial charge on any atom is 0.124 e. The van der Waals surface area contributed by atoms with Crippen LogP contribution in [0.5, 0.6) is 5.75 Å². The van der Waals surface area contributed by atoms with Crippen LogP contribution in [0.1, 0.15) is 11.1 Å². The molecule has 0 heterocycles. The maximum atomic E-state index is 9.11. The second kappa shape index (κ2) is 2.89. The van der Waals surface area contributed by atoms with Crippen LogP contribution in [0.25, 0.3) is 0 Å². The van der Waals surface area contributed by atoms with Crippen LogP contribution in [0.4, 0.5) is 0 Å². The monoisotopic (exact) mass is 145 g/mol. The number of phenols is 1. The fourth-order valence-electron chi connectivity index (χ4n) is 0.760. The fraction of sp³-hybridized carbons (Fsp3) is 0. The summed E-state index contributed by atoms with van der Waals surface area (Å²) in [4.78, 5) is 0. The predicted molar refractivity (Wildman–Crippen MR) is 43.9 cm³/mol. The van der Waals surface area contributed by atoms with Crippen LogP contribution in [0.15, 0.2) is 18.2 Å². The number of terminal acetylenes is 1. The normalized spacial score (nSPS) is 8.64. The molecule has 0 fully saturated rings. The molecule has 1 aromatic carbocycles. The molecule has 0 aliphatic heterocycles. The van der Waals surface area contributed by atoms with E-state index in [9.17, 15) is 0 Å². The van der Waals surface area contributed by atoms with Gasteiger partial charge in [0.2, 0.25) is 0 Å². The summed E-state index contributed by atoms with van der Waals surface area (Å²) in [7, 11) is 0. The molecule has 0 bridgehead atoms. The Hall–Kier alpha value is -1.75. The molecule has 0 aliphatic carbocycles. The van der Waals surface area contributed by atoms with Crippen LogP contribution in [0.2, 0.25) is 0 Å². The van der Waals surface area contributed by atoms with Crippen molar-refractivity contribution in [3.8, 4) is 18.1 Å². The molecule has 1 aromatic rings. The Balaban J connectivity index is 3.25. The van der Waals surface area contributed by atoms with E-state index in [0.717, 1.165) is 6.21 Å². The molecule has 0 aliphatic rings. The first-order valence-corrected chi connectivity index (χ1v) is 3.08. The summed E-state index contributed by atoms with van der Waals surface area (Å²) < 4.78 is 0. The van der Waals surface area contributed by atoms with Crippen molar-refractivity contribution in [1.82, 2.24) is 0 Å². The van der Waals surface area contributed by atoms with Crippen molar-refractivity contribution in [3.63, 3.8) is 0 Å². The molecule has 11 heavy (non-hydrogen) atoms. The lowest BCUT2D eigenvalue weighted by molar-refractivity contribution is 0.474. The van der Waals surface area contributed by atoms with Crippen molar-refractivity contribution >= 4 is 6.21 Å². The number of hydrogen-bond donors (Lipinski definition) is 2. The summed E-state index contributed by atoms with van der Waals surface area (Å²) in [6.45, 7) is 0. The number of nitrogens with one attached hydrogen (secondary N) is 1. The fourth-order valence-corrected chi connectivity index (χ4v) is 0.760. The lowest BCUT2D eigenvalue weighted by atomic mass is 10.1. The van der Waals surface area contributed by atoms with Crippen molar-refractivity contribution in [1.29, 1.82) is 5.41 Å². The highest BCUT2D eigenvalue weighted by molar-refractivity contribution is 5.81. The van der Waals surface area contributed by atoms with Crippen LogP contribution < -0.4 is 0 Å². The smallest absolute Gasteiger partial charge is 0.124 e. The molecular weight excluding hydrogens is 138 g/mol. The highest BCUT2D eigenvalue weighted by Gasteiger charge is 1.96. The van der Waals surface area contributed by atoms with Gasteiger partial charge in [-0.2, -0.15) is 0 Å². The molecule has 0 saturated carbocycles. The molecule has 2 nitrogen and oxygen atoms in total. The number of benzene rings is 1. The summed E-state index contributed by atoms with van der Waals surface area (Å²) in [5.41, 5.74) is 1.11. The average molecular weight is 145 g/mol. The molecule has 2 heteroatoms. The Labute approximate surface area is 65.0 Å². The third-order valence-electron chi connectivity index (χ3n) is 1.35. The van der Waals surface area contributed by atoms with Gasteiger partial charge in [-0.25, -0.2) is 0 Å². The Morgan fingerprint density at radius 1 is 1.55 bits per heavy atom. The number of rotatable bonds is 1. The number of phenolic OH excluding ortho intramolecular Hbond substituents is 1.